The average molecular weight is 467 g/mol. The third-order valence-electron chi connectivity index (χ3n) is 6.53. The minimum Gasteiger partial charge on any atom is -0.481 e. The molecule has 7 heteroatoms. The Kier molecular flexibility index (Phi) is 8.68. The van der Waals surface area contributed by atoms with Gasteiger partial charge in [0.05, 0.1) is 5.92 Å². The van der Waals surface area contributed by atoms with Crippen molar-refractivity contribution in [3.05, 3.63) is 59.7 Å². The molecule has 2 aromatic rings. The van der Waals surface area contributed by atoms with Gasteiger partial charge in [-0.15, -0.1) is 0 Å². The van der Waals surface area contributed by atoms with Crippen molar-refractivity contribution >= 4 is 18.0 Å². The molecule has 3 atom stereocenters. The quantitative estimate of drug-likeness (QED) is 0.445. The molecule has 34 heavy (non-hydrogen) atoms. The summed E-state index contributed by atoms with van der Waals surface area (Å²) < 4.78 is 5.62. The van der Waals surface area contributed by atoms with Gasteiger partial charge in [-0.1, -0.05) is 68.3 Å². The van der Waals surface area contributed by atoms with Gasteiger partial charge >= 0.3 is 12.1 Å². The van der Waals surface area contributed by atoms with Gasteiger partial charge in [-0.25, -0.2) is 4.79 Å². The number of carbonyl (C=O) groups is 3. The number of carboxylic acid groups (broad SMARTS) is 1. The Morgan fingerprint density at radius 2 is 1.56 bits per heavy atom. The number of alkyl carbamates (subject to hydrolysis) is 1. The number of hydrogen-bond donors (Lipinski definition) is 3. The van der Waals surface area contributed by atoms with Crippen LogP contribution in [0.25, 0.3) is 11.1 Å². The van der Waals surface area contributed by atoms with E-state index in [2.05, 4.69) is 34.9 Å². The number of fused-ring (bicyclic) bond motifs is 3. The van der Waals surface area contributed by atoms with Gasteiger partial charge in [0, 0.05) is 24.4 Å². The van der Waals surface area contributed by atoms with Crippen LogP contribution in [0.1, 0.15) is 63.5 Å². The molecule has 1 aliphatic rings. The molecule has 0 bridgehead atoms. The van der Waals surface area contributed by atoms with Gasteiger partial charge in [-0.2, -0.15) is 0 Å². The van der Waals surface area contributed by atoms with Gasteiger partial charge in [-0.05, 0) is 42.5 Å². The van der Waals surface area contributed by atoms with Crippen LogP contribution in [0.4, 0.5) is 4.79 Å². The van der Waals surface area contributed by atoms with Gasteiger partial charge in [0.15, 0.2) is 0 Å². The van der Waals surface area contributed by atoms with Gasteiger partial charge in [0.1, 0.15) is 6.61 Å². The van der Waals surface area contributed by atoms with Crippen molar-refractivity contribution in [3.63, 3.8) is 0 Å². The number of ether oxygens (including phenoxy) is 1. The van der Waals surface area contributed by atoms with Crippen molar-refractivity contribution in [2.75, 3.05) is 6.61 Å². The normalized spacial score (nSPS) is 14.9. The van der Waals surface area contributed by atoms with E-state index in [9.17, 15) is 14.4 Å². The second-order valence-electron chi connectivity index (χ2n) is 9.00. The Morgan fingerprint density at radius 1 is 0.971 bits per heavy atom. The molecule has 3 N–H and O–H groups in total. The van der Waals surface area contributed by atoms with Crippen LogP contribution in [0.3, 0.4) is 0 Å². The molecule has 0 saturated carbocycles. The first-order valence-corrected chi connectivity index (χ1v) is 12.0. The maximum atomic E-state index is 12.7. The lowest BCUT2D eigenvalue weighted by atomic mass is 9.98. The number of nitrogens with one attached hydrogen (secondary N) is 2. The Balaban J connectivity index is 1.59. The number of benzene rings is 2. The molecule has 3 rings (SSSR count). The number of amides is 2. The minimum absolute atomic E-state index is 0.0334. The molecule has 2 unspecified atom stereocenters. The third-order valence-corrected chi connectivity index (χ3v) is 6.53. The lowest BCUT2D eigenvalue weighted by molar-refractivity contribution is -0.142. The molecular formula is C27H34N2O5. The Labute approximate surface area is 200 Å². The summed E-state index contributed by atoms with van der Waals surface area (Å²) in [5.41, 5.74) is 4.60. The fourth-order valence-electron chi connectivity index (χ4n) is 4.36. The van der Waals surface area contributed by atoms with Gasteiger partial charge in [-0.3, -0.25) is 9.59 Å². The molecule has 2 amide bonds. The lowest BCUT2D eigenvalue weighted by Gasteiger charge is -2.22. The first kappa shape index (κ1) is 25.3. The fourth-order valence-corrected chi connectivity index (χ4v) is 4.36. The molecule has 2 aromatic carbocycles. The SMILES string of the molecule is CCCC[C@@H](CC(=O)NC(C)C(C)C(=O)O)NC(=O)OCC1c2ccccc2-c2ccccc21. The standard InChI is InChI=1S/C27H34N2O5/c1-4-5-10-19(15-25(30)28-18(3)17(2)26(31)32)29-27(33)34-16-24-22-13-8-6-11-20(22)21-12-7-9-14-23(21)24/h6-9,11-14,17-19,24H,4-5,10,15-16H2,1-3H3,(H,28,30)(H,29,33)(H,31,32)/t17?,18?,19-/m0/s1. The smallest absolute Gasteiger partial charge is 0.407 e. The van der Waals surface area contributed by atoms with Crippen LogP contribution in [-0.4, -0.2) is 41.8 Å². The van der Waals surface area contributed by atoms with Crippen LogP contribution in [0, 0.1) is 5.92 Å². The summed E-state index contributed by atoms with van der Waals surface area (Å²) in [6.07, 6.45) is 1.93. The molecule has 1 aliphatic carbocycles. The molecule has 0 fully saturated rings. The highest BCUT2D eigenvalue weighted by atomic mass is 16.5. The van der Waals surface area contributed by atoms with Crippen LogP contribution in [0.5, 0.6) is 0 Å². The van der Waals surface area contributed by atoms with E-state index in [1.165, 1.54) is 0 Å². The summed E-state index contributed by atoms with van der Waals surface area (Å²) in [4.78, 5) is 36.3. The van der Waals surface area contributed by atoms with E-state index in [0.717, 1.165) is 35.1 Å². The molecule has 0 spiro atoms. The highest BCUT2D eigenvalue weighted by Crippen LogP contribution is 2.44. The van der Waals surface area contributed by atoms with Crippen molar-refractivity contribution in [2.45, 2.75) is 64.5 Å². The molecule has 0 aromatic heterocycles. The van der Waals surface area contributed by atoms with E-state index in [0.29, 0.717) is 6.42 Å². The fraction of sp³-hybridized carbons (Fsp3) is 0.444. The van der Waals surface area contributed by atoms with E-state index >= 15 is 0 Å². The zero-order chi connectivity index (χ0) is 24.7. The van der Waals surface area contributed by atoms with E-state index in [4.69, 9.17) is 9.84 Å². The lowest BCUT2D eigenvalue weighted by Crippen LogP contribution is -2.44. The molecule has 0 radical (unpaired) electrons. The number of aliphatic carboxylic acids is 1. The summed E-state index contributed by atoms with van der Waals surface area (Å²) >= 11 is 0. The van der Waals surface area contributed by atoms with Crippen molar-refractivity contribution < 1.29 is 24.2 Å². The number of carbonyl (C=O) groups excluding carboxylic acids is 2. The van der Waals surface area contributed by atoms with E-state index in [1.54, 1.807) is 13.8 Å². The number of carboxylic acids is 1. The maximum Gasteiger partial charge on any atom is 0.407 e. The van der Waals surface area contributed by atoms with Crippen molar-refractivity contribution in [1.82, 2.24) is 10.6 Å². The predicted octanol–water partition coefficient (Wildman–Crippen LogP) is 4.70. The van der Waals surface area contributed by atoms with E-state index in [1.807, 2.05) is 31.2 Å². The summed E-state index contributed by atoms with van der Waals surface area (Å²) in [6.45, 7) is 5.47. The number of hydrogen-bond acceptors (Lipinski definition) is 4. The highest BCUT2D eigenvalue weighted by Gasteiger charge is 2.29. The van der Waals surface area contributed by atoms with Crippen LogP contribution < -0.4 is 10.6 Å². The first-order valence-electron chi connectivity index (χ1n) is 12.0. The van der Waals surface area contributed by atoms with Gasteiger partial charge in [0.25, 0.3) is 0 Å². The predicted molar refractivity (Wildman–Crippen MR) is 131 cm³/mol. The largest absolute Gasteiger partial charge is 0.481 e. The summed E-state index contributed by atoms with van der Waals surface area (Å²) in [5, 5.41) is 14.7. The number of rotatable bonds is 11. The van der Waals surface area contributed by atoms with Crippen LogP contribution in [0.15, 0.2) is 48.5 Å². The maximum absolute atomic E-state index is 12.7. The summed E-state index contributed by atoms with van der Waals surface area (Å²) in [5.74, 6) is -1.99. The van der Waals surface area contributed by atoms with Gasteiger partial charge < -0.3 is 20.5 Å². The Hall–Kier alpha value is -3.35. The zero-order valence-electron chi connectivity index (χ0n) is 20.0. The van der Waals surface area contributed by atoms with E-state index in [-0.39, 0.29) is 30.9 Å². The minimum atomic E-state index is -0.966. The summed E-state index contributed by atoms with van der Waals surface area (Å²) in [7, 11) is 0. The van der Waals surface area contributed by atoms with Gasteiger partial charge in [0.2, 0.25) is 5.91 Å². The van der Waals surface area contributed by atoms with Crippen molar-refractivity contribution in [3.8, 4) is 11.1 Å². The van der Waals surface area contributed by atoms with Crippen molar-refractivity contribution in [2.24, 2.45) is 5.92 Å². The average Bonchev–Trinajstić information content (AvgIpc) is 3.14. The molecule has 7 nitrogen and oxygen atoms in total. The zero-order valence-corrected chi connectivity index (χ0v) is 20.0. The number of unbranched alkanes of at least 4 members (excludes halogenated alkanes) is 1. The second-order valence-corrected chi connectivity index (χ2v) is 9.00. The molecule has 0 heterocycles. The van der Waals surface area contributed by atoms with Crippen LogP contribution in [-0.2, 0) is 14.3 Å². The molecule has 182 valence electrons. The highest BCUT2D eigenvalue weighted by molar-refractivity contribution is 5.80. The van der Waals surface area contributed by atoms with E-state index < -0.39 is 24.0 Å². The molecule has 0 saturated heterocycles. The Bertz CT molecular complexity index is 976. The van der Waals surface area contributed by atoms with Crippen LogP contribution in [0.2, 0.25) is 0 Å². The molecule has 0 aliphatic heterocycles. The summed E-state index contributed by atoms with van der Waals surface area (Å²) in [6, 6.07) is 15.4. The van der Waals surface area contributed by atoms with Crippen LogP contribution >= 0.6 is 0 Å². The Morgan fingerprint density at radius 3 is 2.12 bits per heavy atom. The first-order chi connectivity index (χ1) is 16.3. The second kappa shape index (κ2) is 11.7. The van der Waals surface area contributed by atoms with Crippen molar-refractivity contribution in [1.29, 1.82) is 0 Å². The third kappa shape index (κ3) is 6.16. The molecular weight excluding hydrogens is 432 g/mol. The topological polar surface area (TPSA) is 105 Å². The monoisotopic (exact) mass is 466 g/mol.